The van der Waals surface area contributed by atoms with Crippen LogP contribution < -0.4 is 27.0 Å². The number of rotatable bonds is 9. The highest BCUT2D eigenvalue weighted by Gasteiger charge is 2.42. The molecule has 5 amide bonds. The van der Waals surface area contributed by atoms with Crippen LogP contribution in [0.4, 0.5) is 13.2 Å². The van der Waals surface area contributed by atoms with Crippen LogP contribution in [0.1, 0.15) is 83.3 Å². The summed E-state index contributed by atoms with van der Waals surface area (Å²) in [5.41, 5.74) is 7.31. The molecule has 7 N–H and O–H groups in total. The molecule has 1 aromatic carbocycles. The van der Waals surface area contributed by atoms with E-state index in [1.807, 2.05) is 20.8 Å². The third-order valence-electron chi connectivity index (χ3n) is 10.2. The molecule has 3 rings (SSSR count). The molecule has 0 aromatic heterocycles. The van der Waals surface area contributed by atoms with Crippen LogP contribution in [0, 0.1) is 24.7 Å². The Kier molecular flexibility index (Phi) is 16.9. The lowest BCUT2D eigenvalue weighted by Gasteiger charge is -2.36. The van der Waals surface area contributed by atoms with Crippen molar-refractivity contribution in [2.45, 2.75) is 128 Å². The number of aliphatic hydroxyl groups excluding tert-OH is 1. The number of alkyl halides is 3. The molecular formula is C38H57F3N6O8. The number of halogens is 3. The second kappa shape index (κ2) is 20.6. The molecule has 14 nitrogen and oxygen atoms in total. The normalized spacial score (nSPS) is 26.9. The molecule has 17 heteroatoms. The molecule has 1 saturated heterocycles. The lowest BCUT2D eigenvalue weighted by molar-refractivity contribution is -0.166. The van der Waals surface area contributed by atoms with E-state index in [2.05, 4.69) is 21.3 Å². The fourth-order valence-corrected chi connectivity index (χ4v) is 7.05. The number of aryl methyl sites for hydroxylation is 1. The van der Waals surface area contributed by atoms with Gasteiger partial charge in [0.15, 0.2) is 0 Å². The number of nitrogens with zero attached hydrogens (tertiary/aromatic N) is 1. The second-order valence-electron chi connectivity index (χ2n) is 15.2. The van der Waals surface area contributed by atoms with Gasteiger partial charge < -0.3 is 41.7 Å². The van der Waals surface area contributed by atoms with E-state index in [0.29, 0.717) is 18.4 Å². The first kappa shape index (κ1) is 45.1. The van der Waals surface area contributed by atoms with E-state index in [-0.39, 0.29) is 24.7 Å². The Bertz CT molecular complexity index is 1490. The van der Waals surface area contributed by atoms with E-state index in [1.165, 1.54) is 14.0 Å². The average molecular weight is 783 g/mol. The fraction of sp³-hybridized carbons (Fsp3) is 0.684. The van der Waals surface area contributed by atoms with Gasteiger partial charge in [-0.25, -0.2) is 0 Å². The summed E-state index contributed by atoms with van der Waals surface area (Å²) >= 11 is 0. The summed E-state index contributed by atoms with van der Waals surface area (Å²) < 4.78 is 46.7. The van der Waals surface area contributed by atoms with E-state index in [9.17, 15) is 47.0 Å². The Hall–Kier alpha value is -4.25. The molecule has 55 heavy (non-hydrogen) atoms. The third kappa shape index (κ3) is 13.8. The first-order valence-electron chi connectivity index (χ1n) is 19.0. The van der Waals surface area contributed by atoms with Gasteiger partial charge >= 0.3 is 12.1 Å². The number of hydrogen-bond acceptors (Lipinski definition) is 9. The molecule has 2 fully saturated rings. The summed E-state index contributed by atoms with van der Waals surface area (Å²) in [4.78, 5) is 83.8. The van der Waals surface area contributed by atoms with Gasteiger partial charge in [0.05, 0.1) is 12.0 Å². The van der Waals surface area contributed by atoms with Crippen molar-refractivity contribution >= 4 is 35.5 Å². The number of nitrogens with one attached hydrogen (secondary N) is 4. The van der Waals surface area contributed by atoms with E-state index < -0.39 is 110 Å². The average Bonchev–Trinajstić information content (AvgIpc) is 3.13. The van der Waals surface area contributed by atoms with Crippen molar-refractivity contribution in [3.63, 3.8) is 0 Å². The summed E-state index contributed by atoms with van der Waals surface area (Å²) in [6.45, 7) is 5.37. The summed E-state index contributed by atoms with van der Waals surface area (Å²) in [6.07, 6.45) is -6.49. The van der Waals surface area contributed by atoms with Crippen molar-refractivity contribution in [1.29, 1.82) is 0 Å². The Morgan fingerprint density at radius 2 is 1.55 bits per heavy atom. The molecule has 0 unspecified atom stereocenters. The van der Waals surface area contributed by atoms with Crippen LogP contribution in [0.25, 0.3) is 0 Å². The second-order valence-corrected chi connectivity index (χ2v) is 15.2. The van der Waals surface area contributed by atoms with Crippen LogP contribution >= 0.6 is 0 Å². The zero-order valence-electron chi connectivity index (χ0n) is 32.2. The van der Waals surface area contributed by atoms with Gasteiger partial charge in [-0.05, 0) is 63.4 Å². The minimum absolute atomic E-state index is 0.109. The summed E-state index contributed by atoms with van der Waals surface area (Å²) in [5, 5.41) is 20.4. The van der Waals surface area contributed by atoms with E-state index in [0.717, 1.165) is 29.7 Å². The minimum atomic E-state index is -4.69. The van der Waals surface area contributed by atoms with Crippen molar-refractivity contribution in [1.82, 2.24) is 26.2 Å². The largest absolute Gasteiger partial charge is 0.460 e. The molecule has 1 saturated carbocycles. The van der Waals surface area contributed by atoms with Crippen LogP contribution in [-0.2, 0) is 39.9 Å². The summed E-state index contributed by atoms with van der Waals surface area (Å²) in [7, 11) is 1.35. The number of benzene rings is 1. The SMILES string of the molecule is Cc1ccc(C[C@H]2C(=O)N(C)[C@@H](CC(C)C)C(=O)N[C@@H](C3CCCCC3)C(=O)N[C@@H](CN)C(=O)N[C@@H]([C@H](C)O)C(=O)NCC(=O)O[C@@H]2CCC(F)(F)F)cc1. The van der Waals surface area contributed by atoms with Gasteiger partial charge in [0.2, 0.25) is 29.5 Å². The number of hydrogen-bond donors (Lipinski definition) is 6. The number of likely N-dealkylation sites (N-methyl/N-ethyl adjacent to an activating group) is 1. The molecular weight excluding hydrogens is 725 g/mol. The number of esters is 1. The van der Waals surface area contributed by atoms with Gasteiger partial charge in [-0.15, -0.1) is 0 Å². The Morgan fingerprint density at radius 3 is 2.11 bits per heavy atom. The van der Waals surface area contributed by atoms with Crippen LogP contribution in [0.2, 0.25) is 0 Å². The number of carbonyl (C=O) groups is 6. The molecule has 0 spiro atoms. The quantitative estimate of drug-likeness (QED) is 0.202. The maximum Gasteiger partial charge on any atom is 0.389 e. The zero-order chi connectivity index (χ0) is 41.0. The van der Waals surface area contributed by atoms with Gasteiger partial charge in [-0.2, -0.15) is 13.2 Å². The van der Waals surface area contributed by atoms with Crippen molar-refractivity contribution in [3.8, 4) is 0 Å². The van der Waals surface area contributed by atoms with Crippen LogP contribution in [0.3, 0.4) is 0 Å². The number of cyclic esters (lactones) is 1. The molecule has 7 atom stereocenters. The highest BCUT2D eigenvalue weighted by molar-refractivity contribution is 5.96. The Morgan fingerprint density at radius 1 is 0.909 bits per heavy atom. The molecule has 0 radical (unpaired) electrons. The highest BCUT2D eigenvalue weighted by Crippen LogP contribution is 2.30. The van der Waals surface area contributed by atoms with Crippen LogP contribution in [0.15, 0.2) is 24.3 Å². The smallest absolute Gasteiger partial charge is 0.389 e. The van der Waals surface area contributed by atoms with Crippen LogP contribution in [-0.4, -0.2) is 108 Å². The summed E-state index contributed by atoms with van der Waals surface area (Å²) in [5.74, 6) is -7.25. The molecule has 308 valence electrons. The lowest BCUT2D eigenvalue weighted by atomic mass is 9.83. The highest BCUT2D eigenvalue weighted by atomic mass is 19.4. The van der Waals surface area contributed by atoms with Gasteiger partial charge in [0, 0.05) is 20.0 Å². The maximum absolute atomic E-state index is 14.6. The number of nitrogens with two attached hydrogens (primary N) is 1. The topological polar surface area (TPSA) is 209 Å². The summed E-state index contributed by atoms with van der Waals surface area (Å²) in [6, 6.07) is 1.51. The number of aliphatic hydroxyl groups is 1. The van der Waals surface area contributed by atoms with E-state index >= 15 is 0 Å². The van der Waals surface area contributed by atoms with Gasteiger partial charge in [-0.1, -0.05) is 62.9 Å². The first-order valence-corrected chi connectivity index (χ1v) is 19.0. The van der Waals surface area contributed by atoms with Crippen LogP contribution in [0.5, 0.6) is 0 Å². The van der Waals surface area contributed by atoms with Gasteiger partial charge in [0.25, 0.3) is 0 Å². The van der Waals surface area contributed by atoms with Crippen molar-refractivity contribution in [3.05, 3.63) is 35.4 Å². The fourth-order valence-electron chi connectivity index (χ4n) is 7.05. The Labute approximate surface area is 320 Å². The molecule has 0 bridgehead atoms. The Balaban J connectivity index is 2.17. The zero-order valence-corrected chi connectivity index (χ0v) is 32.2. The first-order chi connectivity index (χ1) is 25.8. The van der Waals surface area contributed by atoms with Gasteiger partial charge in [0.1, 0.15) is 36.8 Å². The lowest BCUT2D eigenvalue weighted by Crippen LogP contribution is -2.62. The van der Waals surface area contributed by atoms with Crippen molar-refractivity contribution in [2.24, 2.45) is 23.5 Å². The van der Waals surface area contributed by atoms with E-state index in [4.69, 9.17) is 10.5 Å². The van der Waals surface area contributed by atoms with E-state index in [1.54, 1.807) is 24.3 Å². The predicted octanol–water partition coefficient (Wildman–Crippen LogP) is 1.79. The van der Waals surface area contributed by atoms with Gasteiger partial charge in [-0.3, -0.25) is 28.8 Å². The maximum atomic E-state index is 14.6. The molecule has 1 aromatic rings. The molecule has 1 aliphatic carbocycles. The monoisotopic (exact) mass is 782 g/mol. The standard InChI is InChI=1S/C38H57F3N6O8/c1-21(2)17-28-34(51)46-32(25-9-7-6-8-10-25)36(53)44-27(19-42)33(50)45-31(23(4)48)35(52)43-20-30(49)55-29(15-16-38(39,40)41)26(37(54)47(28)5)18-24-13-11-22(3)12-14-24/h11-14,21,23,25-29,31-32,48H,6-10,15-20,42H2,1-5H3,(H,43,52)(H,44,53)(H,45,50)(H,46,51)/t23-,26+,27-,28-,29+,31-,32-/m0/s1. The number of carbonyl (C=O) groups excluding carboxylic acids is 6. The predicted molar refractivity (Wildman–Crippen MR) is 196 cm³/mol. The van der Waals surface area contributed by atoms with Crippen molar-refractivity contribution in [2.75, 3.05) is 20.1 Å². The number of amides is 5. The van der Waals surface area contributed by atoms with Crippen molar-refractivity contribution < 1.29 is 51.8 Å². The molecule has 2 aliphatic rings. The molecule has 1 aliphatic heterocycles. The minimum Gasteiger partial charge on any atom is -0.460 e. The number of ether oxygens (including phenoxy) is 1. The molecule has 1 heterocycles. The third-order valence-corrected chi connectivity index (χ3v) is 10.2.